The lowest BCUT2D eigenvalue weighted by Gasteiger charge is -2.10. The zero-order valence-corrected chi connectivity index (χ0v) is 18.9. The van der Waals surface area contributed by atoms with E-state index in [9.17, 15) is 18.0 Å². The van der Waals surface area contributed by atoms with Gasteiger partial charge in [0.2, 0.25) is 5.82 Å². The number of aliphatic carboxylic acids is 1. The van der Waals surface area contributed by atoms with E-state index in [4.69, 9.17) is 43.3 Å². The molecule has 0 amide bonds. The van der Waals surface area contributed by atoms with Crippen molar-refractivity contribution in [1.82, 2.24) is 19.5 Å². The predicted octanol–water partition coefficient (Wildman–Crippen LogP) is 4.59. The zero-order chi connectivity index (χ0) is 23.9. The Bertz CT molecular complexity index is 1360. The van der Waals surface area contributed by atoms with E-state index in [-0.39, 0.29) is 57.9 Å². The second-order valence-electron chi connectivity index (χ2n) is 6.75. The number of fused-ring (bicyclic) bond motifs is 1. The first-order chi connectivity index (χ1) is 15.5. The predicted molar refractivity (Wildman–Crippen MR) is 117 cm³/mol. The van der Waals surface area contributed by atoms with Crippen molar-refractivity contribution in [3.63, 3.8) is 0 Å². The first-order valence-corrected chi connectivity index (χ1v) is 9.79. The quantitative estimate of drug-likeness (QED) is 0.365. The largest absolute Gasteiger partial charge is 0.491 e. The molecular formula is C19H13Cl3F3N5O4. The van der Waals surface area contributed by atoms with E-state index in [0.717, 1.165) is 16.7 Å². The van der Waals surface area contributed by atoms with Crippen LogP contribution >= 0.6 is 35.6 Å². The molecule has 0 fully saturated rings. The Hall–Kier alpha value is -3.06. The third kappa shape index (κ3) is 5.20. The number of nitrogens with zero attached hydrogens (tertiary/aromatic N) is 4. The van der Waals surface area contributed by atoms with Crippen LogP contribution in [-0.2, 0) is 11.0 Å². The van der Waals surface area contributed by atoms with Gasteiger partial charge in [0.25, 0.3) is 5.89 Å². The summed E-state index contributed by atoms with van der Waals surface area (Å²) in [5.41, 5.74) is 5.00. The number of ether oxygens (including phenoxy) is 1. The number of aromatic nitrogens is 4. The molecule has 15 heteroatoms. The van der Waals surface area contributed by atoms with Crippen LogP contribution in [0.5, 0.6) is 5.75 Å². The van der Waals surface area contributed by atoms with Crippen molar-refractivity contribution in [2.75, 3.05) is 6.61 Å². The van der Waals surface area contributed by atoms with Crippen molar-refractivity contribution in [3.05, 3.63) is 52.3 Å². The molecule has 0 saturated carbocycles. The van der Waals surface area contributed by atoms with Gasteiger partial charge in [0, 0.05) is 18.0 Å². The van der Waals surface area contributed by atoms with E-state index in [1.165, 1.54) is 24.4 Å². The van der Waals surface area contributed by atoms with Gasteiger partial charge in [-0.2, -0.15) is 18.2 Å². The first-order valence-electron chi connectivity index (χ1n) is 9.03. The van der Waals surface area contributed by atoms with Gasteiger partial charge in [-0.25, -0.2) is 4.98 Å². The second kappa shape index (κ2) is 9.66. The maximum absolute atomic E-state index is 13.0. The number of nitrogens with two attached hydrogens (primary N) is 1. The molecule has 4 rings (SSSR count). The molecule has 1 aromatic carbocycles. The van der Waals surface area contributed by atoms with Gasteiger partial charge in [-0.3, -0.25) is 4.79 Å². The van der Waals surface area contributed by atoms with Crippen LogP contribution in [0.3, 0.4) is 0 Å². The molecule has 1 atom stereocenters. The minimum absolute atomic E-state index is 0. The number of rotatable bonds is 6. The van der Waals surface area contributed by atoms with Gasteiger partial charge < -0.3 is 24.5 Å². The number of hydrogen-bond acceptors (Lipinski definition) is 7. The summed E-state index contributed by atoms with van der Waals surface area (Å²) in [5.74, 6) is -0.912. The number of halogens is 6. The molecule has 0 aliphatic rings. The monoisotopic (exact) mass is 537 g/mol. The average Bonchev–Trinajstić information content (AvgIpc) is 3.38. The van der Waals surface area contributed by atoms with Crippen molar-refractivity contribution in [2.24, 2.45) is 5.73 Å². The molecule has 1 unspecified atom stereocenters. The Morgan fingerprint density at radius 1 is 1.21 bits per heavy atom. The van der Waals surface area contributed by atoms with Gasteiger partial charge in [0.15, 0.2) is 5.65 Å². The SMILES string of the molecule is Cl.NC(COc1ccc(-c2noc(-c3cn4cc(C(F)(F)F)cc(Cl)c4n3)n2)c(Cl)c1)C(=O)O. The highest BCUT2D eigenvalue weighted by atomic mass is 35.5. The molecule has 0 spiro atoms. The summed E-state index contributed by atoms with van der Waals surface area (Å²) in [4.78, 5) is 19.1. The van der Waals surface area contributed by atoms with E-state index in [1.54, 1.807) is 0 Å². The van der Waals surface area contributed by atoms with E-state index >= 15 is 0 Å². The number of benzene rings is 1. The van der Waals surface area contributed by atoms with E-state index in [1.807, 2.05) is 0 Å². The maximum atomic E-state index is 13.0. The van der Waals surface area contributed by atoms with Crippen molar-refractivity contribution in [2.45, 2.75) is 12.2 Å². The summed E-state index contributed by atoms with van der Waals surface area (Å²) >= 11 is 12.2. The Morgan fingerprint density at radius 3 is 2.59 bits per heavy atom. The molecule has 9 nitrogen and oxygen atoms in total. The smallest absolute Gasteiger partial charge is 0.417 e. The topological polar surface area (TPSA) is 129 Å². The number of pyridine rings is 1. The van der Waals surface area contributed by atoms with Gasteiger partial charge in [0.1, 0.15) is 24.1 Å². The number of carboxylic acid groups (broad SMARTS) is 1. The molecule has 34 heavy (non-hydrogen) atoms. The first kappa shape index (κ1) is 25.6. The lowest BCUT2D eigenvalue weighted by Crippen LogP contribution is -2.36. The van der Waals surface area contributed by atoms with Crippen molar-refractivity contribution >= 4 is 47.2 Å². The summed E-state index contributed by atoms with van der Waals surface area (Å²) in [6.07, 6.45) is -2.45. The van der Waals surface area contributed by atoms with Crippen LogP contribution in [0.25, 0.3) is 28.6 Å². The molecule has 0 aliphatic heterocycles. The Morgan fingerprint density at radius 2 is 1.94 bits per heavy atom. The van der Waals surface area contributed by atoms with Crippen LogP contribution in [-0.4, -0.2) is 43.2 Å². The molecule has 0 radical (unpaired) electrons. The van der Waals surface area contributed by atoms with Crippen LogP contribution in [0, 0.1) is 0 Å². The lowest BCUT2D eigenvalue weighted by molar-refractivity contribution is -0.139. The van der Waals surface area contributed by atoms with E-state index in [2.05, 4.69) is 15.1 Å². The van der Waals surface area contributed by atoms with Crippen LogP contribution in [0.1, 0.15) is 5.56 Å². The number of hydrogen-bond donors (Lipinski definition) is 2. The summed E-state index contributed by atoms with van der Waals surface area (Å²) < 4.78 is 50.7. The Kier molecular flexibility index (Phi) is 7.26. The van der Waals surface area contributed by atoms with Gasteiger partial charge in [-0.15, -0.1) is 12.4 Å². The van der Waals surface area contributed by atoms with Gasteiger partial charge in [-0.05, 0) is 24.3 Å². The second-order valence-corrected chi connectivity index (χ2v) is 7.57. The van der Waals surface area contributed by atoms with E-state index in [0.29, 0.717) is 5.56 Å². The summed E-state index contributed by atoms with van der Waals surface area (Å²) in [6, 6.07) is 4.03. The highest BCUT2D eigenvalue weighted by Crippen LogP contribution is 2.34. The molecule has 4 aromatic rings. The fourth-order valence-electron chi connectivity index (χ4n) is 2.78. The minimum atomic E-state index is -4.58. The normalized spacial score (nSPS) is 12.4. The van der Waals surface area contributed by atoms with Crippen LogP contribution < -0.4 is 10.5 Å². The van der Waals surface area contributed by atoms with Gasteiger partial charge in [-0.1, -0.05) is 28.4 Å². The maximum Gasteiger partial charge on any atom is 0.417 e. The van der Waals surface area contributed by atoms with Crippen molar-refractivity contribution in [3.8, 4) is 28.7 Å². The van der Waals surface area contributed by atoms with Gasteiger partial charge >= 0.3 is 12.1 Å². The third-order valence-corrected chi connectivity index (χ3v) is 5.00. The zero-order valence-electron chi connectivity index (χ0n) is 16.6. The molecule has 0 aliphatic carbocycles. The van der Waals surface area contributed by atoms with Crippen LogP contribution in [0.2, 0.25) is 10.0 Å². The average molecular weight is 539 g/mol. The highest BCUT2D eigenvalue weighted by molar-refractivity contribution is 6.33. The fourth-order valence-corrected chi connectivity index (χ4v) is 3.29. The standard InChI is InChI=1S/C19H12Cl2F3N5O4.ClH/c20-11-4-9(32-7-13(25)18(30)31)1-2-10(11)15-27-17(33-28-15)14-6-29-5-8(19(22,23)24)3-12(21)16(29)26-14;/h1-6,13H,7,25H2,(H,30,31);1H. The molecule has 0 saturated heterocycles. The Balaban J connectivity index is 0.00000324. The van der Waals surface area contributed by atoms with Crippen LogP contribution in [0.4, 0.5) is 13.2 Å². The summed E-state index contributed by atoms with van der Waals surface area (Å²) in [5, 5.41) is 12.6. The van der Waals surface area contributed by atoms with Crippen LogP contribution in [0.15, 0.2) is 41.2 Å². The molecular weight excluding hydrogens is 526 g/mol. The molecule has 3 N–H and O–H groups in total. The Labute approximate surface area is 204 Å². The number of imidazole rings is 1. The number of carboxylic acids is 1. The van der Waals surface area contributed by atoms with Crippen molar-refractivity contribution in [1.29, 1.82) is 0 Å². The third-order valence-electron chi connectivity index (χ3n) is 4.41. The molecule has 180 valence electrons. The lowest BCUT2D eigenvalue weighted by atomic mass is 10.2. The molecule has 0 bridgehead atoms. The molecule has 3 heterocycles. The van der Waals surface area contributed by atoms with Crippen molar-refractivity contribution < 1.29 is 32.3 Å². The minimum Gasteiger partial charge on any atom is -0.491 e. The summed E-state index contributed by atoms with van der Waals surface area (Å²) in [6.45, 7) is -0.260. The number of alkyl halides is 3. The summed E-state index contributed by atoms with van der Waals surface area (Å²) in [7, 11) is 0. The fraction of sp³-hybridized carbons (Fsp3) is 0.158. The van der Waals surface area contributed by atoms with Gasteiger partial charge in [0.05, 0.1) is 15.6 Å². The van der Waals surface area contributed by atoms with E-state index < -0.39 is 23.8 Å². The number of carbonyl (C=O) groups is 1. The highest BCUT2D eigenvalue weighted by Gasteiger charge is 2.32. The molecule has 3 aromatic heterocycles.